The van der Waals surface area contributed by atoms with E-state index in [2.05, 4.69) is 10.5 Å². The molecule has 0 aliphatic carbocycles. The first-order chi connectivity index (χ1) is 13.9. The van der Waals surface area contributed by atoms with E-state index in [0.29, 0.717) is 32.0 Å². The minimum absolute atomic E-state index is 0.0523. The topological polar surface area (TPSA) is 95.7 Å². The second-order valence-electron chi connectivity index (χ2n) is 6.86. The molecule has 0 spiro atoms. The molecule has 1 aliphatic rings. The van der Waals surface area contributed by atoms with Crippen LogP contribution in [-0.4, -0.2) is 59.4 Å². The number of carbonyl (C=O) groups excluding carboxylic acids is 1. The number of alkyl halides is 1. The molecule has 156 valence electrons. The summed E-state index contributed by atoms with van der Waals surface area (Å²) in [5.74, 6) is -4.23. The van der Waals surface area contributed by atoms with Crippen LogP contribution in [0.15, 0.2) is 28.8 Å². The second-order valence-corrected chi connectivity index (χ2v) is 6.86. The smallest absolute Gasteiger partial charge is 0.309 e. The minimum atomic E-state index is -1.06. The molecule has 3 rings (SSSR count). The third-order valence-electron chi connectivity index (χ3n) is 4.88. The maximum Gasteiger partial charge on any atom is 0.309 e. The molecular weight excluding hydrogens is 391 g/mol. The number of carboxylic acid groups (broad SMARTS) is 1. The number of amides is 1. The molecule has 1 aliphatic heterocycles. The van der Waals surface area contributed by atoms with Gasteiger partial charge in [0.2, 0.25) is 0 Å². The number of halogens is 3. The van der Waals surface area contributed by atoms with Crippen LogP contribution < -0.4 is 5.32 Å². The molecule has 1 fully saturated rings. The molecule has 1 saturated heterocycles. The molecule has 1 aromatic heterocycles. The number of aliphatic carboxylic acids is 1. The number of aromatic nitrogens is 1. The molecule has 2 aromatic rings. The number of carboxylic acids is 1. The monoisotopic (exact) mass is 411 g/mol. The highest BCUT2D eigenvalue weighted by atomic mass is 19.1. The van der Waals surface area contributed by atoms with Gasteiger partial charge in [-0.25, -0.2) is 8.78 Å². The fourth-order valence-electron chi connectivity index (χ4n) is 3.37. The van der Waals surface area contributed by atoms with Crippen LogP contribution in [0.25, 0.3) is 11.3 Å². The lowest BCUT2D eigenvalue weighted by atomic mass is 9.91. The maximum absolute atomic E-state index is 13.9. The number of likely N-dealkylation sites (tertiary alicyclic amines) is 1. The zero-order chi connectivity index (χ0) is 21.0. The van der Waals surface area contributed by atoms with Crippen molar-refractivity contribution in [3.63, 3.8) is 0 Å². The number of piperidine rings is 1. The van der Waals surface area contributed by atoms with E-state index in [1.807, 2.05) is 4.90 Å². The van der Waals surface area contributed by atoms with Gasteiger partial charge < -0.3 is 19.8 Å². The van der Waals surface area contributed by atoms with Crippen LogP contribution in [-0.2, 0) is 4.79 Å². The van der Waals surface area contributed by atoms with Crippen molar-refractivity contribution in [1.82, 2.24) is 15.4 Å². The van der Waals surface area contributed by atoms with E-state index in [4.69, 9.17) is 4.52 Å². The molecule has 1 aromatic carbocycles. The van der Waals surface area contributed by atoms with Crippen molar-refractivity contribution < 1.29 is 32.4 Å². The lowest BCUT2D eigenvalue weighted by Crippen LogP contribution is -2.53. The summed E-state index contributed by atoms with van der Waals surface area (Å²) in [7, 11) is 0. The van der Waals surface area contributed by atoms with Crippen molar-refractivity contribution in [2.45, 2.75) is 18.9 Å². The summed E-state index contributed by atoms with van der Waals surface area (Å²) in [5.41, 5.74) is -0.199. The van der Waals surface area contributed by atoms with E-state index in [0.717, 1.165) is 6.07 Å². The fourth-order valence-corrected chi connectivity index (χ4v) is 3.37. The minimum Gasteiger partial charge on any atom is -0.481 e. The van der Waals surface area contributed by atoms with Gasteiger partial charge in [-0.05, 0) is 25.0 Å². The molecule has 2 heterocycles. The zero-order valence-corrected chi connectivity index (χ0v) is 15.4. The molecule has 2 atom stereocenters. The Morgan fingerprint density at radius 1 is 1.31 bits per heavy atom. The summed E-state index contributed by atoms with van der Waals surface area (Å²) in [6.07, 6.45) is 0.706. The van der Waals surface area contributed by atoms with Gasteiger partial charge in [0.1, 0.15) is 11.6 Å². The summed E-state index contributed by atoms with van der Waals surface area (Å²) in [6, 6.07) is 3.48. The predicted octanol–water partition coefficient (Wildman–Crippen LogP) is 2.48. The number of nitrogens with one attached hydrogen (secondary N) is 1. The number of hydrogen-bond donors (Lipinski definition) is 2. The predicted molar refractivity (Wildman–Crippen MR) is 95.9 cm³/mol. The lowest BCUT2D eigenvalue weighted by molar-refractivity contribution is -0.144. The Morgan fingerprint density at radius 3 is 2.79 bits per heavy atom. The van der Waals surface area contributed by atoms with Crippen molar-refractivity contribution in [3.8, 4) is 11.3 Å². The van der Waals surface area contributed by atoms with Crippen molar-refractivity contribution in [2.75, 3.05) is 26.3 Å². The van der Waals surface area contributed by atoms with Crippen LogP contribution in [0.1, 0.15) is 23.3 Å². The molecule has 7 nitrogen and oxygen atoms in total. The van der Waals surface area contributed by atoms with Gasteiger partial charge in [-0.1, -0.05) is 5.16 Å². The molecular formula is C19H20F3N3O4. The SMILES string of the molecule is O=C(N[C@H]1CCN(CCCF)C[C@@H]1C(=O)O)c1cc(-c2ccc(F)cc2F)on1. The number of rotatable bonds is 7. The zero-order valence-electron chi connectivity index (χ0n) is 15.4. The van der Waals surface area contributed by atoms with Crippen molar-refractivity contribution >= 4 is 11.9 Å². The molecule has 10 heteroatoms. The Balaban J connectivity index is 1.68. The average Bonchev–Trinajstić information content (AvgIpc) is 3.17. The Hall–Kier alpha value is -2.88. The normalized spacial score (nSPS) is 19.8. The largest absolute Gasteiger partial charge is 0.481 e. The van der Waals surface area contributed by atoms with Crippen LogP contribution >= 0.6 is 0 Å². The number of nitrogens with zero attached hydrogens (tertiary/aromatic N) is 2. The Labute approximate surface area is 164 Å². The second kappa shape index (κ2) is 9.08. The van der Waals surface area contributed by atoms with Crippen molar-refractivity contribution in [1.29, 1.82) is 0 Å². The number of carbonyl (C=O) groups is 2. The van der Waals surface area contributed by atoms with Crippen LogP contribution in [0.3, 0.4) is 0 Å². The lowest BCUT2D eigenvalue weighted by Gasteiger charge is -2.36. The fraction of sp³-hybridized carbons (Fsp3) is 0.421. The first-order valence-electron chi connectivity index (χ1n) is 9.13. The highest BCUT2D eigenvalue weighted by Crippen LogP contribution is 2.25. The Kier molecular flexibility index (Phi) is 6.53. The summed E-state index contributed by atoms with van der Waals surface area (Å²) < 4.78 is 44.2. The molecule has 0 saturated carbocycles. The van der Waals surface area contributed by atoms with E-state index in [1.165, 1.54) is 12.1 Å². The third kappa shape index (κ3) is 4.94. The standard InChI is InChI=1S/C19H20F3N3O4/c20-5-1-6-25-7-4-15(13(10-25)19(27)28)23-18(26)16-9-17(29-24-16)12-3-2-11(21)8-14(12)22/h2-3,8-9,13,15H,1,4-7,10H2,(H,23,26)(H,27,28)/t13-,15-/m0/s1. The van der Waals surface area contributed by atoms with E-state index in [9.17, 15) is 27.9 Å². The Morgan fingerprint density at radius 2 is 2.10 bits per heavy atom. The maximum atomic E-state index is 13.9. The van der Waals surface area contributed by atoms with Crippen molar-refractivity contribution in [2.24, 2.45) is 5.92 Å². The summed E-state index contributed by atoms with van der Waals surface area (Å²) in [4.78, 5) is 25.9. The molecule has 2 N–H and O–H groups in total. The average molecular weight is 411 g/mol. The number of benzene rings is 1. The molecule has 29 heavy (non-hydrogen) atoms. The summed E-state index contributed by atoms with van der Waals surface area (Å²) in [5, 5.41) is 15.7. The van der Waals surface area contributed by atoms with Gasteiger partial charge in [0.25, 0.3) is 5.91 Å². The third-order valence-corrected chi connectivity index (χ3v) is 4.88. The molecule has 1 amide bonds. The van der Waals surface area contributed by atoms with E-state index in [-0.39, 0.29) is 23.6 Å². The van der Waals surface area contributed by atoms with E-state index in [1.54, 1.807) is 0 Å². The Bertz CT molecular complexity index is 889. The highest BCUT2D eigenvalue weighted by molar-refractivity contribution is 5.93. The molecule has 0 unspecified atom stereocenters. The van der Waals surface area contributed by atoms with Crippen LogP contribution in [0.2, 0.25) is 0 Å². The first kappa shape index (κ1) is 20.8. The summed E-state index contributed by atoms with van der Waals surface area (Å²) in [6.45, 7) is 0.707. The highest BCUT2D eigenvalue weighted by Gasteiger charge is 2.35. The van der Waals surface area contributed by atoms with Gasteiger partial charge in [-0.3, -0.25) is 14.0 Å². The van der Waals surface area contributed by atoms with Gasteiger partial charge in [-0.15, -0.1) is 0 Å². The van der Waals surface area contributed by atoms with Gasteiger partial charge in [-0.2, -0.15) is 0 Å². The molecule has 0 radical (unpaired) electrons. The van der Waals surface area contributed by atoms with Crippen molar-refractivity contribution in [3.05, 3.63) is 41.6 Å². The van der Waals surface area contributed by atoms with Gasteiger partial charge in [0.15, 0.2) is 11.5 Å². The van der Waals surface area contributed by atoms with Crippen LogP contribution in [0.5, 0.6) is 0 Å². The van der Waals surface area contributed by atoms with Crippen LogP contribution in [0, 0.1) is 17.6 Å². The van der Waals surface area contributed by atoms with Gasteiger partial charge in [0.05, 0.1) is 18.2 Å². The van der Waals surface area contributed by atoms with E-state index >= 15 is 0 Å². The van der Waals surface area contributed by atoms with Gasteiger partial charge >= 0.3 is 5.97 Å². The summed E-state index contributed by atoms with van der Waals surface area (Å²) >= 11 is 0. The van der Waals surface area contributed by atoms with E-state index < -0.39 is 42.1 Å². The quantitative estimate of drug-likeness (QED) is 0.727. The molecule has 0 bridgehead atoms. The number of hydrogen-bond acceptors (Lipinski definition) is 5. The van der Waals surface area contributed by atoms with Crippen LogP contribution in [0.4, 0.5) is 13.2 Å². The first-order valence-corrected chi connectivity index (χ1v) is 9.13. The van der Waals surface area contributed by atoms with Gasteiger partial charge in [0, 0.05) is 37.8 Å².